The second-order valence-electron chi connectivity index (χ2n) is 2.67. The lowest BCUT2D eigenvalue weighted by atomic mass is 10.1. The van der Waals surface area contributed by atoms with Crippen LogP contribution in [0.2, 0.25) is 0 Å². The van der Waals surface area contributed by atoms with E-state index in [2.05, 4.69) is 0 Å². The fourth-order valence-corrected chi connectivity index (χ4v) is 1.13. The third-order valence-corrected chi connectivity index (χ3v) is 1.80. The van der Waals surface area contributed by atoms with Crippen molar-refractivity contribution in [3.63, 3.8) is 0 Å². The Labute approximate surface area is 65.3 Å². The zero-order chi connectivity index (χ0) is 8.27. The van der Waals surface area contributed by atoms with Gasteiger partial charge in [0.25, 0.3) is 0 Å². The Morgan fingerprint density at radius 2 is 2.09 bits per heavy atom. The summed E-state index contributed by atoms with van der Waals surface area (Å²) in [7, 11) is 0. The Hall–Kier alpha value is -1.12. The molecule has 2 N–H and O–H groups in total. The summed E-state index contributed by atoms with van der Waals surface area (Å²) in [6, 6.07) is 0. The van der Waals surface area contributed by atoms with E-state index in [-0.39, 0.29) is 11.7 Å². The van der Waals surface area contributed by atoms with Crippen molar-refractivity contribution in [3.8, 4) is 0 Å². The van der Waals surface area contributed by atoms with Gasteiger partial charge in [-0.05, 0) is 12.8 Å². The molecule has 0 aromatic carbocycles. The number of rotatable bonds is 1. The number of nitrogens with two attached hydrogens (primary N) is 1. The van der Waals surface area contributed by atoms with Crippen molar-refractivity contribution in [1.82, 2.24) is 0 Å². The third kappa shape index (κ3) is 2.18. The average Bonchev–Trinajstić information content (AvgIpc) is 2.13. The van der Waals surface area contributed by atoms with Crippen LogP contribution in [0.4, 0.5) is 0 Å². The minimum Gasteiger partial charge on any atom is -0.366 e. The number of allylic oxidation sites excluding steroid dienone is 1. The van der Waals surface area contributed by atoms with Gasteiger partial charge in [-0.3, -0.25) is 9.59 Å². The van der Waals surface area contributed by atoms with Crippen LogP contribution in [-0.4, -0.2) is 11.7 Å². The van der Waals surface area contributed by atoms with Gasteiger partial charge in [0.15, 0.2) is 0 Å². The Balaban J connectivity index is 2.61. The predicted octanol–water partition coefficient (Wildman–Crippen LogP) is 0.541. The van der Waals surface area contributed by atoms with Crippen LogP contribution >= 0.6 is 0 Å². The molecule has 0 saturated carbocycles. The minimum atomic E-state index is -0.389. The average molecular weight is 153 g/mol. The van der Waals surface area contributed by atoms with Crippen LogP contribution in [-0.2, 0) is 9.59 Å². The number of carbonyl (C=O) groups is 2. The largest absolute Gasteiger partial charge is 0.366 e. The molecule has 0 aliphatic heterocycles. The predicted molar refractivity (Wildman–Crippen MR) is 40.8 cm³/mol. The summed E-state index contributed by atoms with van der Waals surface area (Å²) in [4.78, 5) is 21.5. The summed E-state index contributed by atoms with van der Waals surface area (Å²) in [5.74, 6) is -0.169. The van der Waals surface area contributed by atoms with Gasteiger partial charge in [-0.1, -0.05) is 6.08 Å². The fraction of sp³-hybridized carbons (Fsp3) is 0.500. The molecule has 0 saturated heterocycles. The molecule has 0 fully saturated rings. The standard InChI is InChI=1S/C8H11NO2/c9-8(11)6-2-1-3-7(10)5-4-6/h2H,1,3-5H2,(H2,9,11). The number of hydrogen-bond donors (Lipinski definition) is 1. The highest BCUT2D eigenvalue weighted by Crippen LogP contribution is 2.13. The van der Waals surface area contributed by atoms with Gasteiger partial charge in [0.05, 0.1) is 0 Å². The monoisotopic (exact) mass is 153 g/mol. The van der Waals surface area contributed by atoms with Crippen molar-refractivity contribution in [1.29, 1.82) is 0 Å². The van der Waals surface area contributed by atoms with Gasteiger partial charge in [-0.25, -0.2) is 0 Å². The molecule has 0 spiro atoms. The Morgan fingerprint density at radius 3 is 2.73 bits per heavy atom. The molecule has 1 aliphatic rings. The van der Waals surface area contributed by atoms with Crippen molar-refractivity contribution in [2.45, 2.75) is 25.7 Å². The lowest BCUT2D eigenvalue weighted by Gasteiger charge is -1.96. The molecule has 11 heavy (non-hydrogen) atoms. The van der Waals surface area contributed by atoms with Crippen LogP contribution in [0.5, 0.6) is 0 Å². The minimum absolute atomic E-state index is 0.220. The van der Waals surface area contributed by atoms with E-state index in [1.807, 2.05) is 0 Å². The van der Waals surface area contributed by atoms with Gasteiger partial charge >= 0.3 is 0 Å². The van der Waals surface area contributed by atoms with Crippen molar-refractivity contribution < 1.29 is 9.59 Å². The van der Waals surface area contributed by atoms with Crippen LogP contribution in [0, 0.1) is 0 Å². The number of ketones is 1. The number of primary amides is 1. The van der Waals surface area contributed by atoms with E-state index in [1.54, 1.807) is 6.08 Å². The van der Waals surface area contributed by atoms with E-state index in [0.717, 1.165) is 0 Å². The van der Waals surface area contributed by atoms with Gasteiger partial charge in [-0.15, -0.1) is 0 Å². The molecule has 0 aromatic heterocycles. The molecule has 60 valence electrons. The first kappa shape index (κ1) is 7.98. The maximum Gasteiger partial charge on any atom is 0.244 e. The molecule has 1 rings (SSSR count). The Kier molecular flexibility index (Phi) is 2.41. The zero-order valence-corrected chi connectivity index (χ0v) is 6.30. The lowest BCUT2D eigenvalue weighted by Crippen LogP contribution is -2.13. The summed E-state index contributed by atoms with van der Waals surface area (Å²) in [5.41, 5.74) is 5.67. The summed E-state index contributed by atoms with van der Waals surface area (Å²) >= 11 is 0. The molecular weight excluding hydrogens is 142 g/mol. The molecule has 1 aliphatic carbocycles. The van der Waals surface area contributed by atoms with Crippen molar-refractivity contribution >= 4 is 11.7 Å². The highest BCUT2D eigenvalue weighted by Gasteiger charge is 2.11. The smallest absolute Gasteiger partial charge is 0.244 e. The SMILES string of the molecule is NC(=O)C1=CCCC(=O)CC1. The van der Waals surface area contributed by atoms with E-state index in [1.165, 1.54) is 0 Å². The van der Waals surface area contributed by atoms with E-state index in [4.69, 9.17) is 5.73 Å². The summed E-state index contributed by atoms with van der Waals surface area (Å²) < 4.78 is 0. The van der Waals surface area contributed by atoms with Crippen molar-refractivity contribution in [2.24, 2.45) is 5.73 Å². The second-order valence-corrected chi connectivity index (χ2v) is 2.67. The van der Waals surface area contributed by atoms with Gasteiger partial charge in [0.2, 0.25) is 5.91 Å². The quantitative estimate of drug-likeness (QED) is 0.597. The van der Waals surface area contributed by atoms with Crippen LogP contribution < -0.4 is 5.73 Å². The Morgan fingerprint density at radius 1 is 1.36 bits per heavy atom. The maximum absolute atomic E-state index is 10.9. The highest BCUT2D eigenvalue weighted by molar-refractivity contribution is 5.93. The van der Waals surface area contributed by atoms with Gasteiger partial charge in [-0.2, -0.15) is 0 Å². The molecule has 0 unspecified atom stereocenters. The van der Waals surface area contributed by atoms with E-state index < -0.39 is 0 Å². The highest BCUT2D eigenvalue weighted by atomic mass is 16.1. The second kappa shape index (κ2) is 3.32. The van der Waals surface area contributed by atoms with Gasteiger partial charge in [0.1, 0.15) is 5.78 Å². The topological polar surface area (TPSA) is 60.2 Å². The first-order chi connectivity index (χ1) is 5.20. The molecule has 0 radical (unpaired) electrons. The van der Waals surface area contributed by atoms with Crippen LogP contribution in [0.25, 0.3) is 0 Å². The molecule has 0 atom stereocenters. The normalized spacial score (nSPS) is 18.9. The van der Waals surface area contributed by atoms with Gasteiger partial charge < -0.3 is 5.73 Å². The molecule has 3 nitrogen and oxygen atoms in total. The summed E-state index contributed by atoms with van der Waals surface area (Å²) in [6.07, 6.45) is 3.98. The number of carbonyl (C=O) groups excluding carboxylic acids is 2. The van der Waals surface area contributed by atoms with E-state index in [9.17, 15) is 9.59 Å². The first-order valence-electron chi connectivity index (χ1n) is 3.70. The van der Waals surface area contributed by atoms with Crippen molar-refractivity contribution in [2.75, 3.05) is 0 Å². The fourth-order valence-electron chi connectivity index (χ4n) is 1.13. The number of Topliss-reactive ketones (excluding diaryl/α,β-unsaturated/α-hetero) is 1. The lowest BCUT2D eigenvalue weighted by molar-refractivity contribution is -0.118. The van der Waals surface area contributed by atoms with Crippen LogP contribution in [0.3, 0.4) is 0 Å². The number of hydrogen-bond acceptors (Lipinski definition) is 2. The molecule has 0 heterocycles. The number of amides is 1. The van der Waals surface area contributed by atoms with Crippen molar-refractivity contribution in [3.05, 3.63) is 11.6 Å². The Bertz CT molecular complexity index is 218. The van der Waals surface area contributed by atoms with Gasteiger partial charge in [0, 0.05) is 18.4 Å². The third-order valence-electron chi connectivity index (χ3n) is 1.80. The van der Waals surface area contributed by atoms with Crippen LogP contribution in [0.1, 0.15) is 25.7 Å². The molecular formula is C8H11NO2. The molecule has 0 aromatic rings. The molecule has 3 heteroatoms. The molecule has 0 bridgehead atoms. The van der Waals surface area contributed by atoms with E-state index >= 15 is 0 Å². The first-order valence-corrected chi connectivity index (χ1v) is 3.70. The van der Waals surface area contributed by atoms with E-state index in [0.29, 0.717) is 31.3 Å². The summed E-state index contributed by atoms with van der Waals surface area (Å²) in [5, 5.41) is 0. The van der Waals surface area contributed by atoms with Crippen LogP contribution in [0.15, 0.2) is 11.6 Å². The zero-order valence-electron chi connectivity index (χ0n) is 6.30. The molecule has 1 amide bonds. The summed E-state index contributed by atoms with van der Waals surface area (Å²) in [6.45, 7) is 0. The maximum atomic E-state index is 10.9.